The van der Waals surface area contributed by atoms with Crippen molar-refractivity contribution in [3.63, 3.8) is 0 Å². The lowest BCUT2D eigenvalue weighted by Crippen LogP contribution is -2.28. The monoisotopic (exact) mass is 274 g/mol. The summed E-state index contributed by atoms with van der Waals surface area (Å²) in [6.07, 6.45) is 6.13. The summed E-state index contributed by atoms with van der Waals surface area (Å²) in [7, 11) is 1.33. The smallest absolute Gasteiger partial charge is 0.310 e. The highest BCUT2D eigenvalue weighted by Crippen LogP contribution is 2.28. The summed E-state index contributed by atoms with van der Waals surface area (Å²) in [6.45, 7) is 1.13. The van der Waals surface area contributed by atoms with Crippen LogP contribution in [-0.4, -0.2) is 35.9 Å². The molecule has 0 aromatic heterocycles. The van der Waals surface area contributed by atoms with Gasteiger partial charge in [-0.2, -0.15) is 0 Å². The van der Waals surface area contributed by atoms with E-state index in [1.165, 1.54) is 25.3 Å². The normalized spacial score (nSPS) is 17.6. The first-order valence-corrected chi connectivity index (χ1v) is 6.14. The third-order valence-electron chi connectivity index (χ3n) is 3.33. The van der Waals surface area contributed by atoms with Crippen LogP contribution >= 0.6 is 0 Å². The van der Waals surface area contributed by atoms with Gasteiger partial charge in [-0.25, -0.2) is 0 Å². The van der Waals surface area contributed by atoms with Gasteiger partial charge < -0.3 is 9.64 Å². The zero-order valence-corrected chi connectivity index (χ0v) is 11.0. The van der Waals surface area contributed by atoms with Crippen molar-refractivity contribution in [2.75, 3.05) is 20.2 Å². The maximum Gasteiger partial charge on any atom is 0.310 e. The Bertz CT molecular complexity index is 591. The second-order valence-corrected chi connectivity index (χ2v) is 4.55. The fourth-order valence-electron chi connectivity index (χ4n) is 2.22. The zero-order chi connectivity index (χ0) is 14.7. The van der Waals surface area contributed by atoms with Crippen molar-refractivity contribution in [1.82, 2.24) is 4.90 Å². The van der Waals surface area contributed by atoms with E-state index in [1.54, 1.807) is 4.90 Å². The van der Waals surface area contributed by atoms with E-state index in [2.05, 4.69) is 5.92 Å². The van der Waals surface area contributed by atoms with Crippen LogP contribution in [0.1, 0.15) is 16.8 Å². The molecule has 0 saturated carbocycles. The highest BCUT2D eigenvalue weighted by molar-refractivity contribution is 5.95. The van der Waals surface area contributed by atoms with Gasteiger partial charge in [-0.3, -0.25) is 14.9 Å². The van der Waals surface area contributed by atoms with Crippen molar-refractivity contribution in [2.24, 2.45) is 5.92 Å². The van der Waals surface area contributed by atoms with Crippen LogP contribution in [0, 0.1) is 28.4 Å². The van der Waals surface area contributed by atoms with Crippen LogP contribution < -0.4 is 4.74 Å². The molecule has 1 aromatic carbocycles. The van der Waals surface area contributed by atoms with E-state index >= 15 is 0 Å². The first-order chi connectivity index (χ1) is 9.56. The molecule has 6 nitrogen and oxygen atoms in total. The molecule has 0 bridgehead atoms. The zero-order valence-electron chi connectivity index (χ0n) is 11.0. The Hall–Kier alpha value is -2.55. The van der Waals surface area contributed by atoms with Crippen molar-refractivity contribution < 1.29 is 14.5 Å². The van der Waals surface area contributed by atoms with Gasteiger partial charge in [-0.05, 0) is 12.5 Å². The quantitative estimate of drug-likeness (QED) is 0.477. The predicted molar refractivity (Wildman–Crippen MR) is 72.5 cm³/mol. The molecule has 6 heteroatoms. The number of terminal acetylenes is 1. The molecule has 1 heterocycles. The number of nitro benzene ring substituents is 1. The number of likely N-dealkylation sites (tertiary alicyclic amines) is 1. The number of carbonyl (C=O) groups is 1. The van der Waals surface area contributed by atoms with Gasteiger partial charge in [0.25, 0.3) is 5.91 Å². The molecular formula is C14H14N2O4. The molecule has 104 valence electrons. The van der Waals surface area contributed by atoms with Gasteiger partial charge in [0.15, 0.2) is 5.75 Å². The van der Waals surface area contributed by atoms with Crippen molar-refractivity contribution in [3.8, 4) is 18.1 Å². The Labute approximate surface area is 116 Å². The minimum absolute atomic E-state index is 0.0774. The molecule has 1 amide bonds. The Kier molecular flexibility index (Phi) is 3.89. The van der Waals surface area contributed by atoms with E-state index < -0.39 is 4.92 Å². The fraction of sp³-hybridized carbons (Fsp3) is 0.357. The molecule has 1 aromatic rings. The van der Waals surface area contributed by atoms with Crippen LogP contribution in [0.25, 0.3) is 0 Å². The summed E-state index contributed by atoms with van der Waals surface area (Å²) in [5, 5.41) is 10.8. The number of methoxy groups -OCH3 is 1. The molecule has 0 N–H and O–H groups in total. The van der Waals surface area contributed by atoms with Gasteiger partial charge in [-0.1, -0.05) is 0 Å². The van der Waals surface area contributed by atoms with Crippen LogP contribution in [0.5, 0.6) is 5.75 Å². The van der Waals surface area contributed by atoms with E-state index in [4.69, 9.17) is 11.2 Å². The van der Waals surface area contributed by atoms with E-state index in [9.17, 15) is 14.9 Å². The summed E-state index contributed by atoms with van der Waals surface area (Å²) in [5.41, 5.74) is 0.206. The molecule has 1 unspecified atom stereocenters. The average molecular weight is 274 g/mol. The minimum Gasteiger partial charge on any atom is -0.490 e. The van der Waals surface area contributed by atoms with Crippen LogP contribution in [-0.2, 0) is 0 Å². The lowest BCUT2D eigenvalue weighted by molar-refractivity contribution is -0.385. The number of nitro groups is 1. The average Bonchev–Trinajstić information content (AvgIpc) is 2.94. The van der Waals surface area contributed by atoms with Gasteiger partial charge in [0.2, 0.25) is 0 Å². The molecule has 0 radical (unpaired) electrons. The van der Waals surface area contributed by atoms with Gasteiger partial charge in [0.05, 0.1) is 12.0 Å². The largest absolute Gasteiger partial charge is 0.490 e. The highest BCUT2D eigenvalue weighted by Gasteiger charge is 2.27. The Balaban J connectivity index is 2.23. The molecule has 1 fully saturated rings. The number of nitrogens with zero attached hydrogens (tertiary/aromatic N) is 2. The molecule has 1 aliphatic heterocycles. The second kappa shape index (κ2) is 5.61. The lowest BCUT2D eigenvalue weighted by atomic mass is 10.1. The third kappa shape index (κ3) is 2.57. The molecule has 0 spiro atoms. The molecule has 2 rings (SSSR count). The first kappa shape index (κ1) is 13.9. The molecular weight excluding hydrogens is 260 g/mol. The van der Waals surface area contributed by atoms with Crippen LogP contribution in [0.2, 0.25) is 0 Å². The maximum absolute atomic E-state index is 12.3. The SMILES string of the molecule is C#CC1CCN(C(=O)c2ccc([N+](=O)[O-])c(OC)c2)C1. The fourth-order valence-corrected chi connectivity index (χ4v) is 2.22. The van der Waals surface area contributed by atoms with Gasteiger partial charge in [0, 0.05) is 36.7 Å². The molecule has 1 aliphatic rings. The van der Waals surface area contributed by atoms with Crippen LogP contribution in [0.4, 0.5) is 5.69 Å². The number of amides is 1. The van der Waals surface area contributed by atoms with E-state index in [-0.39, 0.29) is 23.3 Å². The summed E-state index contributed by atoms with van der Waals surface area (Å²) in [4.78, 5) is 24.2. The lowest BCUT2D eigenvalue weighted by Gasteiger charge is -2.16. The summed E-state index contributed by atoms with van der Waals surface area (Å²) in [5.74, 6) is 2.61. The molecule has 1 atom stereocenters. The van der Waals surface area contributed by atoms with Gasteiger partial charge in [0.1, 0.15) is 0 Å². The Morgan fingerprint density at radius 1 is 1.60 bits per heavy atom. The minimum atomic E-state index is -0.544. The van der Waals surface area contributed by atoms with Crippen LogP contribution in [0.3, 0.4) is 0 Å². The van der Waals surface area contributed by atoms with Gasteiger partial charge >= 0.3 is 5.69 Å². The number of benzene rings is 1. The van der Waals surface area contributed by atoms with E-state index in [0.717, 1.165) is 6.42 Å². The number of hydrogen-bond acceptors (Lipinski definition) is 4. The summed E-state index contributed by atoms with van der Waals surface area (Å²) >= 11 is 0. The number of ether oxygens (including phenoxy) is 1. The molecule has 1 saturated heterocycles. The topological polar surface area (TPSA) is 72.7 Å². The first-order valence-electron chi connectivity index (χ1n) is 6.14. The van der Waals surface area contributed by atoms with Gasteiger partial charge in [-0.15, -0.1) is 12.3 Å². The van der Waals surface area contributed by atoms with Crippen molar-refractivity contribution in [3.05, 3.63) is 33.9 Å². The Morgan fingerprint density at radius 2 is 2.35 bits per heavy atom. The second-order valence-electron chi connectivity index (χ2n) is 4.55. The summed E-state index contributed by atoms with van der Waals surface area (Å²) < 4.78 is 4.96. The van der Waals surface area contributed by atoms with Crippen molar-refractivity contribution in [1.29, 1.82) is 0 Å². The Morgan fingerprint density at radius 3 is 2.90 bits per heavy atom. The van der Waals surface area contributed by atoms with E-state index in [1.807, 2.05) is 0 Å². The molecule has 20 heavy (non-hydrogen) atoms. The predicted octanol–water partition coefficient (Wildman–Crippen LogP) is 1.70. The number of rotatable bonds is 3. The summed E-state index contributed by atoms with van der Waals surface area (Å²) in [6, 6.07) is 4.11. The van der Waals surface area contributed by atoms with Crippen molar-refractivity contribution in [2.45, 2.75) is 6.42 Å². The molecule has 0 aliphatic carbocycles. The standard InChI is InChI=1S/C14H14N2O4/c1-3-10-6-7-15(9-10)14(17)11-4-5-12(16(18)19)13(8-11)20-2/h1,4-5,8,10H,6-7,9H2,2H3. The third-order valence-corrected chi connectivity index (χ3v) is 3.33. The number of hydrogen-bond donors (Lipinski definition) is 0. The van der Waals surface area contributed by atoms with Crippen LogP contribution in [0.15, 0.2) is 18.2 Å². The van der Waals surface area contributed by atoms with E-state index in [0.29, 0.717) is 18.7 Å². The van der Waals surface area contributed by atoms with Crippen molar-refractivity contribution >= 4 is 11.6 Å². The number of carbonyl (C=O) groups excluding carboxylic acids is 1. The maximum atomic E-state index is 12.3. The highest BCUT2D eigenvalue weighted by atomic mass is 16.6.